The third-order valence-corrected chi connectivity index (χ3v) is 4.18. The predicted molar refractivity (Wildman–Crippen MR) is 98.1 cm³/mol. The molecule has 2 aromatic carbocycles. The molecule has 0 aliphatic carbocycles. The third kappa shape index (κ3) is 3.17. The molecule has 0 fully saturated rings. The van der Waals surface area contributed by atoms with Crippen LogP contribution in [0.15, 0.2) is 59.1 Å². The second-order valence-electron chi connectivity index (χ2n) is 6.14. The topological polar surface area (TPSA) is 65.2 Å². The highest BCUT2D eigenvalue weighted by atomic mass is 19.1. The van der Waals surface area contributed by atoms with Gasteiger partial charge in [-0.15, -0.1) is 0 Å². The Balaban J connectivity index is 1.77. The van der Waals surface area contributed by atoms with E-state index in [1.165, 1.54) is 12.1 Å². The largest absolute Gasteiger partial charge is 0.422 e. The Kier molecular flexibility index (Phi) is 4.16. The van der Waals surface area contributed by atoms with Gasteiger partial charge in [0.2, 0.25) is 0 Å². The minimum atomic E-state index is -0.622. The quantitative estimate of drug-likeness (QED) is 0.487. The summed E-state index contributed by atoms with van der Waals surface area (Å²) >= 11 is 0. The number of carbonyl (C=O) groups is 1. The number of benzene rings is 2. The van der Waals surface area contributed by atoms with Crippen LogP contribution in [-0.2, 0) is 0 Å². The molecule has 27 heavy (non-hydrogen) atoms. The van der Waals surface area contributed by atoms with E-state index in [0.717, 1.165) is 5.56 Å². The molecule has 0 unspecified atom stereocenters. The number of carbonyl (C=O) groups excluding carboxylic acids is 1. The first-order valence-electron chi connectivity index (χ1n) is 8.33. The van der Waals surface area contributed by atoms with Crippen LogP contribution in [0.4, 0.5) is 4.39 Å². The standard InChI is InChI=1S/C21H15FN2O3/c1-12-10-18(16-11-15(22)8-9-17(16)23-12)26-21(25)19-13(2)27-24-20(19)14-6-4-3-5-7-14/h3-11H,1-2H3. The Hall–Kier alpha value is -3.54. The zero-order valence-corrected chi connectivity index (χ0v) is 14.7. The Labute approximate surface area is 154 Å². The number of aryl methyl sites for hydroxylation is 2. The lowest BCUT2D eigenvalue weighted by atomic mass is 10.1. The number of hydrogen-bond acceptors (Lipinski definition) is 5. The highest BCUT2D eigenvalue weighted by Gasteiger charge is 2.24. The first-order chi connectivity index (χ1) is 13.0. The first-order valence-corrected chi connectivity index (χ1v) is 8.33. The third-order valence-electron chi connectivity index (χ3n) is 4.18. The molecule has 0 aliphatic rings. The monoisotopic (exact) mass is 362 g/mol. The fourth-order valence-electron chi connectivity index (χ4n) is 2.93. The number of esters is 1. The fourth-order valence-corrected chi connectivity index (χ4v) is 2.93. The van der Waals surface area contributed by atoms with Crippen molar-refractivity contribution in [3.63, 3.8) is 0 Å². The van der Waals surface area contributed by atoms with Crippen LogP contribution in [-0.4, -0.2) is 16.1 Å². The molecule has 134 valence electrons. The summed E-state index contributed by atoms with van der Waals surface area (Å²) in [5.74, 6) is -0.470. The summed E-state index contributed by atoms with van der Waals surface area (Å²) < 4.78 is 24.5. The van der Waals surface area contributed by atoms with Gasteiger partial charge in [0, 0.05) is 22.7 Å². The van der Waals surface area contributed by atoms with Gasteiger partial charge in [0.25, 0.3) is 0 Å². The van der Waals surface area contributed by atoms with E-state index < -0.39 is 11.8 Å². The van der Waals surface area contributed by atoms with Crippen molar-refractivity contribution in [2.45, 2.75) is 13.8 Å². The molecule has 5 nitrogen and oxygen atoms in total. The zero-order valence-electron chi connectivity index (χ0n) is 14.7. The van der Waals surface area contributed by atoms with E-state index in [2.05, 4.69) is 10.1 Å². The van der Waals surface area contributed by atoms with Crippen molar-refractivity contribution in [1.82, 2.24) is 10.1 Å². The summed E-state index contributed by atoms with van der Waals surface area (Å²) in [5.41, 5.74) is 2.58. The van der Waals surface area contributed by atoms with E-state index in [1.54, 1.807) is 26.0 Å². The molecule has 2 aromatic heterocycles. The molecule has 0 spiro atoms. The zero-order chi connectivity index (χ0) is 19.0. The second-order valence-corrected chi connectivity index (χ2v) is 6.14. The van der Waals surface area contributed by atoms with Crippen molar-refractivity contribution < 1.29 is 18.4 Å². The van der Waals surface area contributed by atoms with Crippen molar-refractivity contribution >= 4 is 16.9 Å². The average molecular weight is 362 g/mol. The molecule has 0 radical (unpaired) electrons. The minimum Gasteiger partial charge on any atom is -0.422 e. The van der Waals surface area contributed by atoms with E-state index in [0.29, 0.717) is 28.1 Å². The Bertz CT molecular complexity index is 1150. The molecule has 0 saturated carbocycles. The van der Waals surface area contributed by atoms with Gasteiger partial charge in [-0.2, -0.15) is 0 Å². The van der Waals surface area contributed by atoms with Gasteiger partial charge >= 0.3 is 5.97 Å². The van der Waals surface area contributed by atoms with Crippen molar-refractivity contribution in [1.29, 1.82) is 0 Å². The van der Waals surface area contributed by atoms with Crippen LogP contribution in [0.2, 0.25) is 0 Å². The van der Waals surface area contributed by atoms with Gasteiger partial charge in [-0.25, -0.2) is 9.18 Å². The van der Waals surface area contributed by atoms with E-state index >= 15 is 0 Å². The highest BCUT2D eigenvalue weighted by molar-refractivity contribution is 6.00. The summed E-state index contributed by atoms with van der Waals surface area (Å²) in [5, 5.41) is 4.42. The van der Waals surface area contributed by atoms with Crippen molar-refractivity contribution in [2.24, 2.45) is 0 Å². The van der Waals surface area contributed by atoms with E-state index in [1.807, 2.05) is 30.3 Å². The van der Waals surface area contributed by atoms with Gasteiger partial charge in [0.15, 0.2) is 0 Å². The average Bonchev–Trinajstić information content (AvgIpc) is 3.04. The number of pyridine rings is 1. The Morgan fingerprint density at radius 2 is 1.85 bits per heavy atom. The van der Waals surface area contributed by atoms with Gasteiger partial charge < -0.3 is 9.26 Å². The normalized spacial score (nSPS) is 10.9. The summed E-state index contributed by atoms with van der Waals surface area (Å²) in [7, 11) is 0. The van der Waals surface area contributed by atoms with Gasteiger partial charge in [0.1, 0.15) is 28.6 Å². The summed E-state index contributed by atoms with van der Waals surface area (Å²) in [4.78, 5) is 17.2. The number of rotatable bonds is 3. The maximum atomic E-state index is 13.7. The Morgan fingerprint density at radius 3 is 2.63 bits per heavy atom. The number of ether oxygens (including phenoxy) is 1. The molecular formula is C21H15FN2O3. The molecular weight excluding hydrogens is 347 g/mol. The van der Waals surface area contributed by atoms with Crippen LogP contribution in [0, 0.1) is 19.7 Å². The number of hydrogen-bond donors (Lipinski definition) is 0. The maximum absolute atomic E-state index is 13.7. The lowest BCUT2D eigenvalue weighted by Crippen LogP contribution is -2.11. The molecule has 0 saturated heterocycles. The Morgan fingerprint density at radius 1 is 1.07 bits per heavy atom. The van der Waals surface area contributed by atoms with Crippen LogP contribution in [0.1, 0.15) is 21.8 Å². The van der Waals surface area contributed by atoms with E-state index in [9.17, 15) is 9.18 Å². The first kappa shape index (κ1) is 16.9. The predicted octanol–water partition coefficient (Wildman–Crippen LogP) is 4.86. The molecule has 6 heteroatoms. The van der Waals surface area contributed by atoms with Gasteiger partial charge in [0.05, 0.1) is 5.52 Å². The lowest BCUT2D eigenvalue weighted by Gasteiger charge is -2.09. The van der Waals surface area contributed by atoms with Gasteiger partial charge in [-0.1, -0.05) is 35.5 Å². The van der Waals surface area contributed by atoms with Crippen molar-refractivity contribution in [3.05, 3.63) is 77.4 Å². The number of aromatic nitrogens is 2. The molecule has 0 bridgehead atoms. The van der Waals surface area contributed by atoms with Gasteiger partial charge in [-0.05, 0) is 32.0 Å². The smallest absolute Gasteiger partial charge is 0.349 e. The van der Waals surface area contributed by atoms with Crippen molar-refractivity contribution in [2.75, 3.05) is 0 Å². The second kappa shape index (κ2) is 6.64. The minimum absolute atomic E-state index is 0.236. The SMILES string of the molecule is Cc1cc(OC(=O)c2c(-c3ccccc3)noc2C)c2cc(F)ccc2n1. The fraction of sp³-hybridized carbons (Fsp3) is 0.0952. The van der Waals surface area contributed by atoms with Crippen molar-refractivity contribution in [3.8, 4) is 17.0 Å². The summed E-state index contributed by atoms with van der Waals surface area (Å²) in [6.07, 6.45) is 0. The highest BCUT2D eigenvalue weighted by Crippen LogP contribution is 2.30. The molecule has 4 rings (SSSR count). The van der Waals surface area contributed by atoms with Gasteiger partial charge in [-0.3, -0.25) is 4.98 Å². The lowest BCUT2D eigenvalue weighted by molar-refractivity contribution is 0.0736. The molecule has 0 amide bonds. The number of fused-ring (bicyclic) bond motifs is 1. The summed E-state index contributed by atoms with van der Waals surface area (Å²) in [6.45, 7) is 3.42. The van der Waals surface area contributed by atoms with Crippen LogP contribution in [0.25, 0.3) is 22.2 Å². The van der Waals surface area contributed by atoms with E-state index in [-0.39, 0.29) is 11.3 Å². The van der Waals surface area contributed by atoms with E-state index in [4.69, 9.17) is 9.26 Å². The van der Waals surface area contributed by atoms with Crippen LogP contribution in [0.3, 0.4) is 0 Å². The molecule has 0 N–H and O–H groups in total. The molecule has 0 atom stereocenters. The maximum Gasteiger partial charge on any atom is 0.349 e. The van der Waals surface area contributed by atoms with Crippen LogP contribution >= 0.6 is 0 Å². The number of halogens is 1. The number of nitrogens with zero attached hydrogens (tertiary/aromatic N) is 2. The molecule has 4 aromatic rings. The van der Waals surface area contributed by atoms with Crippen LogP contribution < -0.4 is 4.74 Å². The summed E-state index contributed by atoms with van der Waals surface area (Å²) in [6, 6.07) is 15.0. The van der Waals surface area contributed by atoms with Crippen LogP contribution in [0.5, 0.6) is 5.75 Å². The molecule has 0 aliphatic heterocycles. The molecule has 2 heterocycles.